The lowest BCUT2D eigenvalue weighted by Crippen LogP contribution is -2.66. The summed E-state index contributed by atoms with van der Waals surface area (Å²) in [6.07, 6.45) is -8.28. The maximum atomic E-state index is 13.3. The van der Waals surface area contributed by atoms with Crippen LogP contribution in [-0.4, -0.2) is 47.9 Å². The minimum Gasteiger partial charge on any atom is -0.444 e. The fourth-order valence-electron chi connectivity index (χ4n) is 1.36. The number of nitrogens with one attached hydrogen (secondary N) is 2. The Labute approximate surface area is 138 Å². The molecule has 140 valence electrons. The van der Waals surface area contributed by atoms with Crippen LogP contribution in [0.15, 0.2) is 0 Å². The van der Waals surface area contributed by atoms with E-state index in [1.54, 1.807) is 0 Å². The van der Waals surface area contributed by atoms with E-state index in [1.165, 1.54) is 46.9 Å². The largest absolute Gasteiger partial charge is 0.444 e. The van der Waals surface area contributed by atoms with Gasteiger partial charge in [0.25, 0.3) is 0 Å². The maximum Gasteiger partial charge on any atom is 0.420 e. The van der Waals surface area contributed by atoms with Crippen LogP contribution in [0.1, 0.15) is 41.5 Å². The van der Waals surface area contributed by atoms with Crippen LogP contribution in [-0.2, 0) is 14.3 Å². The van der Waals surface area contributed by atoms with Gasteiger partial charge in [0.1, 0.15) is 11.2 Å². The first-order valence-electron chi connectivity index (χ1n) is 7.02. The second kappa shape index (κ2) is 7.27. The molecule has 24 heavy (non-hydrogen) atoms. The molecule has 10 heteroatoms. The van der Waals surface area contributed by atoms with E-state index >= 15 is 0 Å². The predicted octanol–water partition coefficient (Wildman–Crippen LogP) is 2.54. The minimum absolute atomic E-state index is 0.506. The summed E-state index contributed by atoms with van der Waals surface area (Å²) in [5, 5.41) is 3.29. The molecule has 2 amide bonds. The van der Waals surface area contributed by atoms with Gasteiger partial charge in [-0.05, 0) is 41.5 Å². The van der Waals surface area contributed by atoms with Crippen molar-refractivity contribution < 1.29 is 37.0 Å². The van der Waals surface area contributed by atoms with E-state index in [0.717, 1.165) is 0 Å². The third-order valence-corrected chi connectivity index (χ3v) is 2.34. The number of alkyl halides is 3. The Morgan fingerprint density at radius 2 is 1.33 bits per heavy atom. The number of ether oxygens (including phenoxy) is 2. The molecule has 0 unspecified atom stereocenters. The summed E-state index contributed by atoms with van der Waals surface area (Å²) in [7, 11) is 0. The van der Waals surface area contributed by atoms with Gasteiger partial charge in [-0.3, -0.25) is 5.32 Å². The van der Waals surface area contributed by atoms with Gasteiger partial charge in [-0.1, -0.05) is 0 Å². The number of alkyl carbamates (subject to hydrolysis) is 2. The molecule has 0 bridgehead atoms. The second-order valence-electron chi connectivity index (χ2n) is 7.07. The fourth-order valence-corrected chi connectivity index (χ4v) is 1.36. The molecule has 2 N–H and O–H groups in total. The van der Waals surface area contributed by atoms with E-state index in [2.05, 4.69) is 0 Å². The van der Waals surface area contributed by atoms with Gasteiger partial charge in [0.2, 0.25) is 5.54 Å². The van der Waals surface area contributed by atoms with E-state index in [0.29, 0.717) is 0 Å². The van der Waals surface area contributed by atoms with Crippen LogP contribution < -0.4 is 10.6 Å². The monoisotopic (exact) mass is 356 g/mol. The third-order valence-electron chi connectivity index (χ3n) is 2.34. The normalized spacial score (nSPS) is 15.0. The predicted molar refractivity (Wildman–Crippen MR) is 78.5 cm³/mol. The lowest BCUT2D eigenvalue weighted by molar-refractivity contribution is -0.189. The van der Waals surface area contributed by atoms with Crippen molar-refractivity contribution in [1.29, 1.82) is 0 Å². The lowest BCUT2D eigenvalue weighted by Gasteiger charge is -2.32. The van der Waals surface area contributed by atoms with Crippen LogP contribution in [0.2, 0.25) is 0 Å². The molecule has 7 nitrogen and oxygen atoms in total. The van der Waals surface area contributed by atoms with Crippen LogP contribution in [0.5, 0.6) is 0 Å². The molecule has 0 saturated carbocycles. The molecule has 0 spiro atoms. The highest BCUT2D eigenvalue weighted by atomic mass is 19.4. The first-order valence-corrected chi connectivity index (χ1v) is 7.02. The second-order valence-corrected chi connectivity index (χ2v) is 7.07. The van der Waals surface area contributed by atoms with Crippen molar-refractivity contribution in [2.45, 2.75) is 64.5 Å². The summed E-state index contributed by atoms with van der Waals surface area (Å²) in [4.78, 5) is 34.2. The van der Waals surface area contributed by atoms with Crippen LogP contribution in [0.25, 0.3) is 0 Å². The number of halogens is 3. The number of aldehydes is 1. The van der Waals surface area contributed by atoms with Crippen molar-refractivity contribution in [2.75, 3.05) is 6.54 Å². The van der Waals surface area contributed by atoms with Gasteiger partial charge in [-0.15, -0.1) is 0 Å². The SMILES string of the molecule is CC(C)(C)OC(=O)NC[C@](C=O)(NC(=O)OC(C)(C)C)C(F)(F)F. The standard InChI is InChI=1S/C14H23F3N2O5/c1-11(2,3)23-9(21)18-7-13(8-20,14(15,16)17)19-10(22)24-12(4,5)6/h8H,7H2,1-6H3,(H,18,21)(H,19,22)/t13-/m1/s1. The summed E-state index contributed by atoms with van der Waals surface area (Å²) in [6, 6.07) is 0. The number of amides is 2. The zero-order valence-corrected chi connectivity index (χ0v) is 14.5. The molecule has 0 saturated heterocycles. The Bertz CT molecular complexity index is 480. The third kappa shape index (κ3) is 7.51. The summed E-state index contributed by atoms with van der Waals surface area (Å²) in [5.41, 5.74) is -5.35. The Hall–Kier alpha value is -2.00. The van der Waals surface area contributed by atoms with Crippen molar-refractivity contribution in [3.8, 4) is 0 Å². The van der Waals surface area contributed by atoms with Gasteiger partial charge < -0.3 is 19.6 Å². The van der Waals surface area contributed by atoms with Crippen LogP contribution >= 0.6 is 0 Å². The smallest absolute Gasteiger partial charge is 0.420 e. The molecule has 0 aromatic rings. The minimum atomic E-state index is -5.17. The van der Waals surface area contributed by atoms with Crippen LogP contribution in [0.3, 0.4) is 0 Å². The Kier molecular flexibility index (Phi) is 6.66. The first kappa shape index (κ1) is 22.0. The number of rotatable bonds is 4. The molecule has 0 fully saturated rings. The number of hydrogen-bond donors (Lipinski definition) is 2. The van der Waals surface area contributed by atoms with Crippen molar-refractivity contribution in [1.82, 2.24) is 10.6 Å². The van der Waals surface area contributed by atoms with Gasteiger partial charge >= 0.3 is 18.4 Å². The Balaban J connectivity index is 5.21. The molecule has 1 atom stereocenters. The fraction of sp³-hybridized carbons (Fsp3) is 0.786. The van der Waals surface area contributed by atoms with Gasteiger partial charge in [0, 0.05) is 0 Å². The van der Waals surface area contributed by atoms with Crippen molar-refractivity contribution in [3.05, 3.63) is 0 Å². The van der Waals surface area contributed by atoms with Crippen molar-refractivity contribution in [2.24, 2.45) is 0 Å². The van der Waals surface area contributed by atoms with E-state index in [1.807, 2.05) is 5.32 Å². The summed E-state index contributed by atoms with van der Waals surface area (Å²) in [6.45, 7) is 7.64. The topological polar surface area (TPSA) is 93.7 Å². The molecule has 0 aromatic heterocycles. The highest BCUT2D eigenvalue weighted by Gasteiger charge is 2.57. The summed E-state index contributed by atoms with van der Waals surface area (Å²) in [5.74, 6) is 0. The zero-order chi connectivity index (χ0) is 19.4. The molecule has 0 aliphatic carbocycles. The van der Waals surface area contributed by atoms with Gasteiger partial charge in [0.15, 0.2) is 6.29 Å². The first-order chi connectivity index (χ1) is 10.5. The summed E-state index contributed by atoms with van der Waals surface area (Å²) < 4.78 is 49.3. The molecule has 0 aromatic carbocycles. The van der Waals surface area contributed by atoms with Gasteiger partial charge in [-0.25, -0.2) is 9.59 Å². The van der Waals surface area contributed by atoms with Crippen LogP contribution in [0, 0.1) is 0 Å². The highest BCUT2D eigenvalue weighted by molar-refractivity contribution is 5.79. The molecule has 0 radical (unpaired) electrons. The average molecular weight is 356 g/mol. The Morgan fingerprint density at radius 1 is 0.917 bits per heavy atom. The molecule has 0 heterocycles. The molecule has 0 rings (SSSR count). The lowest BCUT2D eigenvalue weighted by atomic mass is 10.0. The quantitative estimate of drug-likeness (QED) is 0.755. The van der Waals surface area contributed by atoms with E-state index < -0.39 is 47.9 Å². The van der Waals surface area contributed by atoms with E-state index in [9.17, 15) is 27.6 Å². The number of hydrogen-bond acceptors (Lipinski definition) is 5. The maximum absolute atomic E-state index is 13.3. The molecular formula is C14H23F3N2O5. The van der Waals surface area contributed by atoms with Gasteiger partial charge in [0.05, 0.1) is 6.54 Å². The zero-order valence-electron chi connectivity index (χ0n) is 14.5. The molecule has 0 aliphatic heterocycles. The van der Waals surface area contributed by atoms with Gasteiger partial charge in [-0.2, -0.15) is 13.2 Å². The molecule has 0 aliphatic rings. The number of carbonyl (C=O) groups is 3. The van der Waals surface area contributed by atoms with Crippen molar-refractivity contribution in [3.63, 3.8) is 0 Å². The highest BCUT2D eigenvalue weighted by Crippen LogP contribution is 2.29. The van der Waals surface area contributed by atoms with E-state index in [4.69, 9.17) is 9.47 Å². The molecular weight excluding hydrogens is 333 g/mol. The van der Waals surface area contributed by atoms with Crippen LogP contribution in [0.4, 0.5) is 22.8 Å². The number of carbonyl (C=O) groups excluding carboxylic acids is 3. The van der Waals surface area contributed by atoms with E-state index in [-0.39, 0.29) is 0 Å². The summed E-state index contributed by atoms with van der Waals surface area (Å²) >= 11 is 0. The Morgan fingerprint density at radius 3 is 1.67 bits per heavy atom. The van der Waals surface area contributed by atoms with Crippen molar-refractivity contribution >= 4 is 18.5 Å². The average Bonchev–Trinajstić information content (AvgIpc) is 2.28.